The number of nitrogens with zero attached hydrogens (tertiary/aromatic N) is 3. The number of hydrogen-bond donors (Lipinski definition) is 0. The number of methoxy groups -OCH3 is 1. The van der Waals surface area contributed by atoms with Crippen molar-refractivity contribution in [3.63, 3.8) is 0 Å². The van der Waals surface area contributed by atoms with Gasteiger partial charge in [-0.25, -0.2) is 0 Å². The molecule has 2 atom stereocenters. The number of thiazole rings is 1. The first-order chi connectivity index (χ1) is 22.3. The van der Waals surface area contributed by atoms with Crippen molar-refractivity contribution in [3.8, 4) is 5.75 Å². The molecule has 0 radical (unpaired) electrons. The Labute approximate surface area is 273 Å². The van der Waals surface area contributed by atoms with E-state index in [1.54, 1.807) is 21.0 Å². The SMILES string of the molecule is CCOC(=O)Cn1c(=O)/c(=C\c2ccc3c(c2)C2CCCC2N3c2ccc3cc(OC)ccc3c2)s/c1=C1/SC(=O)N(CC)C1=O. The summed E-state index contributed by atoms with van der Waals surface area (Å²) in [5.41, 5.74) is 4.06. The Morgan fingerprint density at radius 2 is 1.80 bits per heavy atom. The quantitative estimate of drug-likeness (QED) is 0.255. The van der Waals surface area contributed by atoms with Gasteiger partial charge in [0.25, 0.3) is 16.7 Å². The van der Waals surface area contributed by atoms with Gasteiger partial charge >= 0.3 is 5.97 Å². The van der Waals surface area contributed by atoms with Gasteiger partial charge in [0.15, 0.2) is 0 Å². The third kappa shape index (κ3) is 5.11. The van der Waals surface area contributed by atoms with Crippen molar-refractivity contribution in [3.05, 3.63) is 85.3 Å². The van der Waals surface area contributed by atoms with Crippen molar-refractivity contribution in [1.82, 2.24) is 9.47 Å². The molecule has 0 spiro atoms. The van der Waals surface area contributed by atoms with E-state index in [1.807, 2.05) is 24.3 Å². The lowest BCUT2D eigenvalue weighted by molar-refractivity contribution is -0.143. The molecule has 2 aliphatic heterocycles. The monoisotopic (exact) mass is 655 g/mol. The molecule has 11 heteroatoms. The zero-order valence-electron chi connectivity index (χ0n) is 25.8. The molecule has 2 fully saturated rings. The Morgan fingerprint density at radius 1 is 1.00 bits per heavy atom. The normalized spacial score (nSPS) is 20.5. The van der Waals surface area contributed by atoms with Crippen molar-refractivity contribution >= 4 is 73.3 Å². The maximum atomic E-state index is 13.7. The van der Waals surface area contributed by atoms with Crippen LogP contribution in [0.15, 0.2) is 59.4 Å². The predicted molar refractivity (Wildman–Crippen MR) is 181 cm³/mol. The van der Waals surface area contributed by atoms with Crippen molar-refractivity contribution in [2.75, 3.05) is 25.2 Å². The Balaban J connectivity index is 1.31. The molecule has 2 unspecified atom stereocenters. The van der Waals surface area contributed by atoms with Gasteiger partial charge in [0.05, 0.1) is 18.2 Å². The number of thioether (sulfide) groups is 1. The van der Waals surface area contributed by atoms with E-state index in [2.05, 4.69) is 41.3 Å². The number of carbonyl (C=O) groups is 3. The van der Waals surface area contributed by atoms with Gasteiger partial charge in [-0.2, -0.15) is 0 Å². The number of anilines is 2. The maximum Gasteiger partial charge on any atom is 0.326 e. The third-order valence-corrected chi connectivity index (χ3v) is 11.2. The molecule has 3 aromatic carbocycles. The van der Waals surface area contributed by atoms with E-state index in [0.29, 0.717) is 21.2 Å². The van der Waals surface area contributed by atoms with Crippen LogP contribution in [0.2, 0.25) is 0 Å². The Morgan fingerprint density at radius 3 is 2.57 bits per heavy atom. The van der Waals surface area contributed by atoms with E-state index >= 15 is 0 Å². The molecule has 1 saturated carbocycles. The van der Waals surface area contributed by atoms with Crippen molar-refractivity contribution in [1.29, 1.82) is 0 Å². The van der Waals surface area contributed by atoms with Gasteiger partial charge in [0.2, 0.25) is 0 Å². The summed E-state index contributed by atoms with van der Waals surface area (Å²) in [6, 6.07) is 19.4. The molecule has 1 aromatic heterocycles. The highest BCUT2D eigenvalue weighted by Crippen LogP contribution is 2.52. The highest BCUT2D eigenvalue weighted by molar-refractivity contribution is 8.23. The summed E-state index contributed by atoms with van der Waals surface area (Å²) in [5.74, 6) is 0.173. The van der Waals surface area contributed by atoms with Crippen LogP contribution in [-0.4, -0.2) is 52.9 Å². The first-order valence-electron chi connectivity index (χ1n) is 15.5. The fourth-order valence-corrected chi connectivity index (χ4v) is 9.09. The highest BCUT2D eigenvalue weighted by Gasteiger charge is 2.42. The van der Waals surface area contributed by atoms with Crippen LogP contribution in [0.1, 0.15) is 50.2 Å². The average Bonchev–Trinajstić information content (AvgIpc) is 3.79. The third-order valence-electron chi connectivity index (χ3n) is 8.99. The molecule has 1 saturated heterocycles. The summed E-state index contributed by atoms with van der Waals surface area (Å²) in [6.07, 6.45) is 5.16. The van der Waals surface area contributed by atoms with Crippen LogP contribution in [-0.2, 0) is 20.9 Å². The molecule has 7 rings (SSSR count). The van der Waals surface area contributed by atoms with Crippen molar-refractivity contribution < 1.29 is 23.9 Å². The summed E-state index contributed by atoms with van der Waals surface area (Å²) in [7, 11) is 1.68. The van der Waals surface area contributed by atoms with E-state index in [0.717, 1.165) is 75.0 Å². The van der Waals surface area contributed by atoms with Gasteiger partial charge < -0.3 is 14.4 Å². The number of rotatable bonds is 7. The Kier molecular flexibility index (Phi) is 7.98. The molecular formula is C35H33N3O6S2. The van der Waals surface area contributed by atoms with Gasteiger partial charge in [0, 0.05) is 29.9 Å². The summed E-state index contributed by atoms with van der Waals surface area (Å²) < 4.78 is 12.5. The largest absolute Gasteiger partial charge is 0.497 e. The smallest absolute Gasteiger partial charge is 0.326 e. The van der Waals surface area contributed by atoms with Gasteiger partial charge in [-0.1, -0.05) is 24.6 Å². The number of hydrogen-bond acceptors (Lipinski definition) is 9. The molecule has 2 amide bonds. The minimum atomic E-state index is -0.581. The summed E-state index contributed by atoms with van der Waals surface area (Å²) in [6.45, 7) is 3.47. The number of benzene rings is 3. The number of amides is 2. The molecule has 9 nitrogen and oxygen atoms in total. The zero-order chi connectivity index (χ0) is 32.1. The van der Waals surface area contributed by atoms with E-state index in [-0.39, 0.29) is 24.6 Å². The van der Waals surface area contributed by atoms with Gasteiger partial charge in [0.1, 0.15) is 21.9 Å². The molecule has 1 aliphatic carbocycles. The van der Waals surface area contributed by atoms with Crippen LogP contribution < -0.4 is 24.4 Å². The first kappa shape index (κ1) is 30.3. The van der Waals surface area contributed by atoms with Crippen LogP contribution in [0, 0.1) is 0 Å². The van der Waals surface area contributed by atoms with Gasteiger partial charge in [-0.05, 0) is 103 Å². The zero-order valence-corrected chi connectivity index (χ0v) is 27.4. The number of imide groups is 1. The van der Waals surface area contributed by atoms with Crippen LogP contribution in [0.25, 0.3) is 21.8 Å². The van der Waals surface area contributed by atoms with E-state index in [1.165, 1.54) is 15.8 Å². The van der Waals surface area contributed by atoms with Crippen molar-refractivity contribution in [2.24, 2.45) is 0 Å². The number of fused-ring (bicyclic) bond motifs is 4. The van der Waals surface area contributed by atoms with Crippen LogP contribution in [0.4, 0.5) is 16.2 Å². The molecule has 46 heavy (non-hydrogen) atoms. The minimum absolute atomic E-state index is 0.158. The molecule has 3 aliphatic rings. The molecule has 4 aromatic rings. The minimum Gasteiger partial charge on any atom is -0.497 e. The number of carbonyl (C=O) groups excluding carboxylic acids is 3. The summed E-state index contributed by atoms with van der Waals surface area (Å²) in [4.78, 5) is 55.5. The first-order valence-corrected chi connectivity index (χ1v) is 17.1. The highest BCUT2D eigenvalue weighted by atomic mass is 32.2. The molecular weight excluding hydrogens is 623 g/mol. The second-order valence-electron chi connectivity index (χ2n) is 11.5. The molecule has 0 N–H and O–H groups in total. The average molecular weight is 656 g/mol. The summed E-state index contributed by atoms with van der Waals surface area (Å²) in [5, 5.41) is 1.89. The number of esters is 1. The van der Waals surface area contributed by atoms with E-state index in [4.69, 9.17) is 9.47 Å². The van der Waals surface area contributed by atoms with Crippen molar-refractivity contribution in [2.45, 2.75) is 51.6 Å². The lowest BCUT2D eigenvalue weighted by atomic mass is 9.96. The van der Waals surface area contributed by atoms with E-state index < -0.39 is 22.7 Å². The van der Waals surface area contributed by atoms with Crippen LogP contribution in [0.3, 0.4) is 0 Å². The molecule has 0 bridgehead atoms. The second-order valence-corrected chi connectivity index (χ2v) is 13.5. The van der Waals surface area contributed by atoms with Crippen LogP contribution >= 0.6 is 23.1 Å². The lowest BCUT2D eigenvalue weighted by Crippen LogP contribution is -2.36. The van der Waals surface area contributed by atoms with Gasteiger partial charge in [-0.15, -0.1) is 11.3 Å². The molecule has 236 valence electrons. The maximum absolute atomic E-state index is 13.7. The fourth-order valence-electron chi connectivity index (χ4n) is 6.91. The Bertz CT molecular complexity index is 2100. The Hall–Kier alpha value is -4.35. The standard InChI is InChI=1S/C35H33N3O6S2/c1-4-36-33(41)31(46-35(36)42)34-37(19-30(39)44-5-2)32(40)29(45-34)16-20-9-14-28-26(15-20)25-7-6-8-27(25)38(28)23-12-10-22-18-24(43-3)13-11-21(22)17-23/h9-18,25,27H,4-8,19H2,1-3H3/b29-16+,34-31+. The predicted octanol–water partition coefficient (Wildman–Crippen LogP) is 5.07. The van der Waals surface area contributed by atoms with E-state index in [9.17, 15) is 19.2 Å². The number of aromatic nitrogens is 1. The fraction of sp³-hybridized carbons (Fsp3) is 0.314. The molecule has 3 heterocycles. The summed E-state index contributed by atoms with van der Waals surface area (Å²) >= 11 is 1.92. The van der Waals surface area contributed by atoms with Crippen LogP contribution in [0.5, 0.6) is 5.75 Å². The topological polar surface area (TPSA) is 98.2 Å². The lowest BCUT2D eigenvalue weighted by Gasteiger charge is -2.27. The van der Waals surface area contributed by atoms with Gasteiger partial charge in [-0.3, -0.25) is 28.6 Å². The number of ether oxygens (including phenoxy) is 2. The second kappa shape index (κ2) is 12.1.